The molecule has 1 aliphatic carbocycles. The zero-order valence-corrected chi connectivity index (χ0v) is 17.4. The Morgan fingerprint density at radius 2 is 1.87 bits per heavy atom. The molecule has 3 aliphatic rings. The van der Waals surface area contributed by atoms with E-state index >= 15 is 0 Å². The molecule has 0 radical (unpaired) electrons. The lowest BCUT2D eigenvalue weighted by molar-refractivity contribution is 0.0298. The van der Waals surface area contributed by atoms with Gasteiger partial charge in [-0.15, -0.1) is 0 Å². The largest absolute Gasteiger partial charge is 0.367 e. The molecule has 0 aromatic carbocycles. The maximum absolute atomic E-state index is 8.96. The van der Waals surface area contributed by atoms with E-state index in [0.717, 1.165) is 30.6 Å². The smallest absolute Gasteiger partial charge is 0.0886 e. The number of aryl methyl sites for hydroxylation is 1. The molecule has 0 amide bonds. The first-order chi connectivity index (χ1) is 14.7. The molecule has 2 saturated heterocycles. The SMILES string of the molecule is Cn1cc(-c2cc3c(N4CC5CCC(C4)N5C4CC(CC#N)C4)ccnn3c2)cn1. The van der Waals surface area contributed by atoms with Crippen molar-refractivity contribution in [2.45, 2.75) is 50.2 Å². The van der Waals surface area contributed by atoms with Crippen molar-refractivity contribution in [2.24, 2.45) is 13.0 Å². The van der Waals surface area contributed by atoms with Crippen LogP contribution in [0, 0.1) is 17.2 Å². The van der Waals surface area contributed by atoms with Crippen LogP contribution in [0.15, 0.2) is 36.9 Å². The summed E-state index contributed by atoms with van der Waals surface area (Å²) in [6, 6.07) is 8.74. The third kappa shape index (κ3) is 2.82. The van der Waals surface area contributed by atoms with E-state index in [2.05, 4.69) is 44.4 Å². The summed E-state index contributed by atoms with van der Waals surface area (Å²) in [5, 5.41) is 17.8. The van der Waals surface area contributed by atoms with Gasteiger partial charge in [0.05, 0.1) is 23.5 Å². The second kappa shape index (κ2) is 6.85. The molecule has 1 saturated carbocycles. The second-order valence-electron chi connectivity index (χ2n) is 9.27. The molecule has 6 rings (SSSR count). The van der Waals surface area contributed by atoms with E-state index in [4.69, 9.17) is 5.26 Å². The van der Waals surface area contributed by atoms with Gasteiger partial charge in [0.25, 0.3) is 0 Å². The number of hydrogen-bond acceptors (Lipinski definition) is 5. The summed E-state index contributed by atoms with van der Waals surface area (Å²) in [5.41, 5.74) is 4.73. The Kier molecular flexibility index (Phi) is 4.10. The van der Waals surface area contributed by atoms with Gasteiger partial charge in [0.2, 0.25) is 0 Å². The van der Waals surface area contributed by atoms with Crippen LogP contribution in [0.3, 0.4) is 0 Å². The number of piperazine rings is 1. The minimum absolute atomic E-state index is 0.629. The van der Waals surface area contributed by atoms with Gasteiger partial charge in [-0.25, -0.2) is 4.52 Å². The zero-order valence-electron chi connectivity index (χ0n) is 17.4. The topological polar surface area (TPSA) is 65.4 Å². The Hall–Kier alpha value is -2.85. The van der Waals surface area contributed by atoms with Crippen LogP contribution in [0.25, 0.3) is 16.6 Å². The molecule has 30 heavy (non-hydrogen) atoms. The summed E-state index contributed by atoms with van der Waals surface area (Å²) >= 11 is 0. The van der Waals surface area contributed by atoms with Crippen molar-refractivity contribution in [2.75, 3.05) is 18.0 Å². The second-order valence-corrected chi connectivity index (χ2v) is 9.27. The lowest BCUT2D eigenvalue weighted by Gasteiger charge is -2.50. The van der Waals surface area contributed by atoms with E-state index < -0.39 is 0 Å². The highest BCUT2D eigenvalue weighted by atomic mass is 15.4. The molecule has 0 spiro atoms. The molecule has 0 N–H and O–H groups in total. The maximum atomic E-state index is 8.96. The molecule has 2 bridgehead atoms. The molecule has 154 valence electrons. The van der Waals surface area contributed by atoms with Crippen LogP contribution < -0.4 is 4.90 Å². The van der Waals surface area contributed by atoms with Gasteiger partial charge in [-0.2, -0.15) is 15.5 Å². The quantitative estimate of drug-likeness (QED) is 0.672. The number of fused-ring (bicyclic) bond motifs is 3. The van der Waals surface area contributed by atoms with E-state index in [9.17, 15) is 0 Å². The van der Waals surface area contributed by atoms with Crippen molar-refractivity contribution in [3.63, 3.8) is 0 Å². The van der Waals surface area contributed by atoms with Crippen molar-refractivity contribution in [3.8, 4) is 17.2 Å². The van der Waals surface area contributed by atoms with Gasteiger partial charge in [-0.3, -0.25) is 9.58 Å². The van der Waals surface area contributed by atoms with Crippen LogP contribution in [-0.4, -0.2) is 55.5 Å². The van der Waals surface area contributed by atoms with Crippen LogP contribution in [-0.2, 0) is 7.05 Å². The maximum Gasteiger partial charge on any atom is 0.0886 e. The summed E-state index contributed by atoms with van der Waals surface area (Å²) in [7, 11) is 1.95. The van der Waals surface area contributed by atoms with Crippen LogP contribution in [0.4, 0.5) is 5.69 Å². The van der Waals surface area contributed by atoms with E-state index in [1.165, 1.54) is 36.9 Å². The lowest BCUT2D eigenvalue weighted by atomic mass is 9.77. The average molecular weight is 402 g/mol. The van der Waals surface area contributed by atoms with Crippen molar-refractivity contribution in [3.05, 3.63) is 36.9 Å². The monoisotopic (exact) mass is 401 g/mol. The number of nitriles is 1. The third-order valence-corrected chi connectivity index (χ3v) is 7.42. The summed E-state index contributed by atoms with van der Waals surface area (Å²) in [6.45, 7) is 2.17. The fourth-order valence-electron chi connectivity index (χ4n) is 5.96. The Morgan fingerprint density at radius 3 is 2.57 bits per heavy atom. The van der Waals surface area contributed by atoms with Gasteiger partial charge in [0.15, 0.2) is 0 Å². The van der Waals surface area contributed by atoms with Gasteiger partial charge in [0, 0.05) is 74.4 Å². The standard InChI is InChI=1S/C23H27N7/c1-27-12-18(11-26-27)17-10-23-22(5-7-25-29(23)13-17)28-14-19-2-3-20(15-28)30(19)21-8-16(9-21)4-6-24/h5,7,10-13,16,19-21H,2-4,8-9,14-15H2,1H3. The summed E-state index contributed by atoms with van der Waals surface area (Å²) < 4.78 is 3.84. The first kappa shape index (κ1) is 18.0. The van der Waals surface area contributed by atoms with Crippen molar-refractivity contribution in [1.82, 2.24) is 24.3 Å². The molecular weight excluding hydrogens is 374 g/mol. The highest BCUT2D eigenvalue weighted by Gasteiger charge is 2.47. The molecule has 5 heterocycles. The first-order valence-electron chi connectivity index (χ1n) is 11.1. The Morgan fingerprint density at radius 1 is 1.07 bits per heavy atom. The third-order valence-electron chi connectivity index (χ3n) is 7.42. The molecule has 2 atom stereocenters. The van der Waals surface area contributed by atoms with Crippen LogP contribution >= 0.6 is 0 Å². The Balaban J connectivity index is 1.25. The van der Waals surface area contributed by atoms with Gasteiger partial charge in [0.1, 0.15) is 0 Å². The highest BCUT2D eigenvalue weighted by molar-refractivity contribution is 5.79. The lowest BCUT2D eigenvalue weighted by Crippen LogP contribution is -2.60. The fourth-order valence-corrected chi connectivity index (χ4v) is 5.96. The number of anilines is 1. The van der Waals surface area contributed by atoms with Gasteiger partial charge in [-0.05, 0) is 43.7 Å². The molecule has 3 fully saturated rings. The summed E-state index contributed by atoms with van der Waals surface area (Å²) in [5.74, 6) is 0.629. The Bertz CT molecular complexity index is 1100. The van der Waals surface area contributed by atoms with E-state index in [0.29, 0.717) is 24.0 Å². The number of nitrogens with zero attached hydrogens (tertiary/aromatic N) is 7. The normalized spacial score (nSPS) is 28.6. The predicted molar refractivity (Wildman–Crippen MR) is 115 cm³/mol. The van der Waals surface area contributed by atoms with Gasteiger partial charge >= 0.3 is 0 Å². The van der Waals surface area contributed by atoms with Gasteiger partial charge < -0.3 is 4.90 Å². The zero-order chi connectivity index (χ0) is 20.2. The number of aromatic nitrogens is 4. The minimum Gasteiger partial charge on any atom is -0.367 e. The molecular formula is C23H27N7. The highest BCUT2D eigenvalue weighted by Crippen LogP contribution is 2.43. The summed E-state index contributed by atoms with van der Waals surface area (Å²) in [6.07, 6.45) is 13.7. The van der Waals surface area contributed by atoms with Crippen molar-refractivity contribution >= 4 is 11.2 Å². The number of rotatable bonds is 4. The molecule has 7 heteroatoms. The minimum atomic E-state index is 0.629. The molecule has 3 aromatic rings. The van der Waals surface area contributed by atoms with E-state index in [-0.39, 0.29) is 0 Å². The van der Waals surface area contributed by atoms with Crippen molar-refractivity contribution < 1.29 is 0 Å². The predicted octanol–water partition coefficient (Wildman–Crippen LogP) is 3.08. The fraction of sp³-hybridized carbons (Fsp3) is 0.522. The van der Waals surface area contributed by atoms with Gasteiger partial charge in [-0.1, -0.05) is 0 Å². The number of hydrogen-bond donors (Lipinski definition) is 0. The molecule has 2 aliphatic heterocycles. The molecule has 7 nitrogen and oxygen atoms in total. The molecule has 2 unspecified atom stereocenters. The summed E-state index contributed by atoms with van der Waals surface area (Å²) in [4.78, 5) is 5.39. The van der Waals surface area contributed by atoms with Crippen LogP contribution in [0.1, 0.15) is 32.1 Å². The molecule has 3 aromatic heterocycles. The van der Waals surface area contributed by atoms with Crippen molar-refractivity contribution in [1.29, 1.82) is 5.26 Å². The first-order valence-corrected chi connectivity index (χ1v) is 11.1. The van der Waals surface area contributed by atoms with E-state index in [1.54, 1.807) is 0 Å². The Labute approximate surface area is 176 Å². The van der Waals surface area contributed by atoms with Crippen LogP contribution in [0.5, 0.6) is 0 Å². The average Bonchev–Trinajstić information content (AvgIpc) is 3.39. The van der Waals surface area contributed by atoms with Crippen LogP contribution in [0.2, 0.25) is 0 Å². The van der Waals surface area contributed by atoms with E-state index in [1.807, 2.05) is 34.8 Å².